The van der Waals surface area contributed by atoms with Crippen LogP contribution in [-0.2, 0) is 0 Å². The van der Waals surface area contributed by atoms with Gasteiger partial charge in [-0.25, -0.2) is 29.4 Å². The van der Waals surface area contributed by atoms with Gasteiger partial charge in [-0.1, -0.05) is 0 Å². The Morgan fingerprint density at radius 1 is 0.964 bits per heavy atom. The second kappa shape index (κ2) is 6.04. The van der Waals surface area contributed by atoms with Gasteiger partial charge in [-0.05, 0) is 27.2 Å². The minimum atomic E-state index is -0.602. The SMILES string of the molecule is Cc1ncc(-n2c(-c3nc(C)n4ncnc(N5CCC5)c34)cnc2C)c(F)n1. The van der Waals surface area contributed by atoms with E-state index >= 15 is 0 Å². The first-order valence-electron chi connectivity index (χ1n) is 9.04. The number of hydrogen-bond acceptors (Lipinski definition) is 7. The van der Waals surface area contributed by atoms with Gasteiger partial charge in [0.2, 0.25) is 5.95 Å². The maximum Gasteiger partial charge on any atom is 0.240 e. The molecule has 0 spiro atoms. The molecule has 142 valence electrons. The number of aromatic nitrogens is 8. The van der Waals surface area contributed by atoms with Crippen LogP contribution in [-0.4, -0.2) is 52.2 Å². The van der Waals surface area contributed by atoms with Gasteiger partial charge < -0.3 is 4.90 Å². The Bertz CT molecular complexity index is 1210. The summed E-state index contributed by atoms with van der Waals surface area (Å²) in [5.74, 6) is 1.93. The van der Waals surface area contributed by atoms with E-state index in [1.807, 2.05) is 6.92 Å². The molecular formula is C18H18FN9. The molecule has 4 aromatic heterocycles. The van der Waals surface area contributed by atoms with Crippen LogP contribution in [0, 0.1) is 26.7 Å². The lowest BCUT2D eigenvalue weighted by atomic mass is 10.2. The lowest BCUT2D eigenvalue weighted by Gasteiger charge is -2.32. The number of nitrogens with zero attached hydrogens (tertiary/aromatic N) is 9. The fraction of sp³-hybridized carbons (Fsp3) is 0.333. The molecule has 1 aliphatic heterocycles. The molecule has 9 nitrogen and oxygen atoms in total. The van der Waals surface area contributed by atoms with Crippen molar-refractivity contribution in [3.8, 4) is 17.1 Å². The Morgan fingerprint density at radius 3 is 2.50 bits per heavy atom. The van der Waals surface area contributed by atoms with Crippen LogP contribution in [0.2, 0.25) is 0 Å². The van der Waals surface area contributed by atoms with Crippen molar-refractivity contribution in [3.05, 3.63) is 42.1 Å². The predicted molar refractivity (Wildman–Crippen MR) is 99.9 cm³/mol. The number of halogens is 1. The topological polar surface area (TPSA) is 89.9 Å². The van der Waals surface area contributed by atoms with Crippen LogP contribution >= 0.6 is 0 Å². The maximum atomic E-state index is 14.6. The number of hydrogen-bond donors (Lipinski definition) is 0. The number of fused-ring (bicyclic) bond motifs is 1. The van der Waals surface area contributed by atoms with Crippen molar-refractivity contribution in [1.82, 2.24) is 39.1 Å². The van der Waals surface area contributed by atoms with Gasteiger partial charge >= 0.3 is 0 Å². The number of aryl methyl sites for hydroxylation is 3. The van der Waals surface area contributed by atoms with E-state index in [9.17, 15) is 4.39 Å². The second-order valence-corrected chi connectivity index (χ2v) is 6.81. The largest absolute Gasteiger partial charge is 0.355 e. The zero-order chi connectivity index (χ0) is 19.4. The van der Waals surface area contributed by atoms with Crippen molar-refractivity contribution in [3.63, 3.8) is 0 Å². The molecule has 1 aliphatic rings. The summed E-state index contributed by atoms with van der Waals surface area (Å²) in [6.07, 6.45) is 5.81. The molecule has 5 rings (SSSR count). The lowest BCUT2D eigenvalue weighted by molar-refractivity contribution is 0.564. The molecule has 28 heavy (non-hydrogen) atoms. The standard InChI is InChI=1S/C18H18FN9/c1-10-20-8-14(17(19)24-10)27-11(2)21-7-13(27)15-16-18(26-5-4-6-26)22-9-23-28(16)12(3)25-15/h7-9H,4-6H2,1-3H3. The number of imidazole rings is 2. The van der Waals surface area contributed by atoms with Crippen LogP contribution in [0.25, 0.3) is 22.6 Å². The molecule has 1 fully saturated rings. The van der Waals surface area contributed by atoms with Crippen LogP contribution in [0.1, 0.15) is 23.9 Å². The molecule has 0 saturated carbocycles. The highest BCUT2D eigenvalue weighted by atomic mass is 19.1. The van der Waals surface area contributed by atoms with Gasteiger partial charge in [-0.15, -0.1) is 0 Å². The molecule has 4 aromatic rings. The van der Waals surface area contributed by atoms with Gasteiger partial charge in [0.05, 0.1) is 18.1 Å². The van der Waals surface area contributed by atoms with E-state index in [0.29, 0.717) is 23.0 Å². The molecule has 1 saturated heterocycles. The summed E-state index contributed by atoms with van der Waals surface area (Å²) in [7, 11) is 0. The van der Waals surface area contributed by atoms with Crippen LogP contribution in [0.4, 0.5) is 10.2 Å². The Balaban J connectivity index is 1.79. The highest BCUT2D eigenvalue weighted by Gasteiger charge is 2.26. The van der Waals surface area contributed by atoms with Crippen LogP contribution in [0.3, 0.4) is 0 Å². The molecule has 5 heterocycles. The van der Waals surface area contributed by atoms with E-state index < -0.39 is 5.95 Å². The summed E-state index contributed by atoms with van der Waals surface area (Å²) in [6, 6.07) is 0. The summed E-state index contributed by atoms with van der Waals surface area (Å²) in [5.41, 5.74) is 2.32. The average Bonchev–Trinajstić information content (AvgIpc) is 3.15. The normalized spacial score (nSPS) is 13.9. The smallest absolute Gasteiger partial charge is 0.240 e. The van der Waals surface area contributed by atoms with Crippen LogP contribution in [0.5, 0.6) is 0 Å². The maximum absolute atomic E-state index is 14.6. The minimum Gasteiger partial charge on any atom is -0.355 e. The summed E-state index contributed by atoms with van der Waals surface area (Å²) >= 11 is 0. The third kappa shape index (κ3) is 2.37. The van der Waals surface area contributed by atoms with E-state index in [0.717, 1.165) is 36.7 Å². The Kier molecular flexibility index (Phi) is 3.61. The zero-order valence-electron chi connectivity index (χ0n) is 15.8. The van der Waals surface area contributed by atoms with Crippen molar-refractivity contribution >= 4 is 11.3 Å². The number of anilines is 1. The quantitative estimate of drug-likeness (QED) is 0.503. The van der Waals surface area contributed by atoms with Crippen LogP contribution < -0.4 is 4.90 Å². The molecule has 0 radical (unpaired) electrons. The molecular weight excluding hydrogens is 361 g/mol. The monoisotopic (exact) mass is 379 g/mol. The van der Waals surface area contributed by atoms with E-state index in [-0.39, 0.29) is 5.69 Å². The first kappa shape index (κ1) is 16.7. The fourth-order valence-corrected chi connectivity index (χ4v) is 3.50. The van der Waals surface area contributed by atoms with Crippen molar-refractivity contribution in [2.75, 3.05) is 18.0 Å². The summed E-state index contributed by atoms with van der Waals surface area (Å²) in [5, 5.41) is 4.35. The molecule has 0 amide bonds. The van der Waals surface area contributed by atoms with Crippen molar-refractivity contribution in [2.45, 2.75) is 27.2 Å². The van der Waals surface area contributed by atoms with E-state index in [1.54, 1.807) is 29.1 Å². The van der Waals surface area contributed by atoms with Gasteiger partial charge in [-0.3, -0.25) is 4.57 Å². The third-order valence-corrected chi connectivity index (χ3v) is 5.00. The van der Waals surface area contributed by atoms with Gasteiger partial charge in [0, 0.05) is 13.1 Å². The molecule has 0 bridgehead atoms. The fourth-order valence-electron chi connectivity index (χ4n) is 3.50. The van der Waals surface area contributed by atoms with Gasteiger partial charge in [0.15, 0.2) is 5.82 Å². The van der Waals surface area contributed by atoms with Crippen molar-refractivity contribution < 1.29 is 4.39 Å². The third-order valence-electron chi connectivity index (χ3n) is 5.00. The minimum absolute atomic E-state index is 0.233. The zero-order valence-corrected chi connectivity index (χ0v) is 15.8. The highest BCUT2D eigenvalue weighted by Crippen LogP contribution is 2.33. The van der Waals surface area contributed by atoms with Gasteiger partial charge in [0.25, 0.3) is 0 Å². The summed E-state index contributed by atoms with van der Waals surface area (Å²) in [4.78, 5) is 23.8. The Labute approximate surface area is 159 Å². The lowest BCUT2D eigenvalue weighted by Crippen LogP contribution is -2.38. The average molecular weight is 379 g/mol. The molecule has 0 unspecified atom stereocenters. The molecule has 10 heteroatoms. The predicted octanol–water partition coefficient (Wildman–Crippen LogP) is 2.04. The summed E-state index contributed by atoms with van der Waals surface area (Å²) in [6.45, 7) is 7.22. The summed E-state index contributed by atoms with van der Waals surface area (Å²) < 4.78 is 18.1. The van der Waals surface area contributed by atoms with Crippen molar-refractivity contribution in [1.29, 1.82) is 0 Å². The molecule has 0 aliphatic carbocycles. The second-order valence-electron chi connectivity index (χ2n) is 6.81. The van der Waals surface area contributed by atoms with E-state index in [4.69, 9.17) is 4.98 Å². The van der Waals surface area contributed by atoms with E-state index in [2.05, 4.69) is 29.9 Å². The van der Waals surface area contributed by atoms with E-state index in [1.165, 1.54) is 12.5 Å². The highest BCUT2D eigenvalue weighted by molar-refractivity contribution is 5.86. The Morgan fingerprint density at radius 2 is 1.79 bits per heavy atom. The van der Waals surface area contributed by atoms with Gasteiger partial charge in [0.1, 0.15) is 40.7 Å². The first-order chi connectivity index (χ1) is 13.5. The van der Waals surface area contributed by atoms with Crippen LogP contribution in [0.15, 0.2) is 18.7 Å². The number of rotatable bonds is 3. The first-order valence-corrected chi connectivity index (χ1v) is 9.04. The molecule has 0 atom stereocenters. The molecule has 0 aromatic carbocycles. The van der Waals surface area contributed by atoms with Gasteiger partial charge in [-0.2, -0.15) is 9.49 Å². The Hall–Kier alpha value is -3.43. The van der Waals surface area contributed by atoms with Crippen molar-refractivity contribution in [2.24, 2.45) is 0 Å². The molecule has 0 N–H and O–H groups in total.